The normalized spacial score (nSPS) is 39.2. The molecule has 0 saturated heterocycles. The zero-order valence-electron chi connectivity index (χ0n) is 24.2. The van der Waals surface area contributed by atoms with Crippen LogP contribution in [0.15, 0.2) is 12.2 Å². The van der Waals surface area contributed by atoms with Crippen molar-refractivity contribution in [3.05, 3.63) is 12.2 Å². The molecule has 0 bridgehead atoms. The first-order valence-corrected chi connectivity index (χ1v) is 15.0. The molecule has 0 spiro atoms. The topological polar surface area (TPSA) is 76.4 Å². The molecule has 0 N–H and O–H groups in total. The van der Waals surface area contributed by atoms with Gasteiger partial charge in [-0.2, -0.15) is 5.26 Å². The van der Waals surface area contributed by atoms with E-state index in [9.17, 15) is 9.59 Å². The fourth-order valence-electron chi connectivity index (χ4n) is 8.87. The monoisotopic (exact) mass is 513 g/mol. The highest BCUT2D eigenvalue weighted by atomic mass is 16.5. The minimum absolute atomic E-state index is 0.0378. The highest BCUT2D eigenvalue weighted by Gasteiger charge is 2.58. The van der Waals surface area contributed by atoms with Gasteiger partial charge in [0.2, 0.25) is 0 Å². The lowest BCUT2D eigenvalue weighted by Gasteiger charge is -2.54. The van der Waals surface area contributed by atoms with Gasteiger partial charge in [0, 0.05) is 25.8 Å². The fraction of sp³-hybridized carbons (Fsp3) is 0.844. The maximum absolute atomic E-state index is 12.5. The number of esters is 2. The van der Waals surface area contributed by atoms with Gasteiger partial charge in [0.25, 0.3) is 0 Å². The molecule has 0 aromatic rings. The number of carbonyl (C=O) groups excluding carboxylic acids is 2. The number of nitrogens with zero attached hydrogens (tertiary/aromatic N) is 1. The Morgan fingerprint density at radius 3 is 2.41 bits per heavy atom. The molecule has 3 aliphatic carbocycles. The highest BCUT2D eigenvalue weighted by molar-refractivity contribution is 5.66. The predicted molar refractivity (Wildman–Crippen MR) is 146 cm³/mol. The zero-order valence-corrected chi connectivity index (χ0v) is 24.2. The number of rotatable bonds is 7. The van der Waals surface area contributed by atoms with Crippen molar-refractivity contribution in [1.29, 1.82) is 5.26 Å². The largest absolute Gasteiger partial charge is 0.463 e. The minimum atomic E-state index is -0.195. The maximum Gasteiger partial charge on any atom is 0.302 e. The molecule has 3 saturated carbocycles. The average Bonchev–Trinajstić information content (AvgIpc) is 3.20. The number of nitriles is 1. The third kappa shape index (κ3) is 6.98. The number of allylic oxidation sites excluding steroid dienone is 2. The van der Waals surface area contributed by atoms with Crippen LogP contribution in [0.25, 0.3) is 0 Å². The average molecular weight is 514 g/mol. The molecule has 3 aliphatic rings. The van der Waals surface area contributed by atoms with E-state index in [1.807, 2.05) is 6.08 Å². The van der Waals surface area contributed by atoms with E-state index >= 15 is 0 Å². The van der Waals surface area contributed by atoms with E-state index in [1.54, 1.807) is 13.0 Å². The summed E-state index contributed by atoms with van der Waals surface area (Å²) >= 11 is 0. The number of hydrogen-bond acceptors (Lipinski definition) is 5. The van der Waals surface area contributed by atoms with Gasteiger partial charge in [0.15, 0.2) is 0 Å². The number of ether oxygens (including phenoxy) is 2. The van der Waals surface area contributed by atoms with E-state index in [4.69, 9.17) is 14.7 Å². The van der Waals surface area contributed by atoms with Gasteiger partial charge in [-0.1, -0.05) is 33.8 Å². The van der Waals surface area contributed by atoms with E-state index < -0.39 is 0 Å². The lowest BCUT2D eigenvalue weighted by molar-refractivity contribution is -0.166. The summed E-state index contributed by atoms with van der Waals surface area (Å²) in [6.45, 7) is 12.6. The summed E-state index contributed by atoms with van der Waals surface area (Å²) < 4.78 is 12.0. The van der Waals surface area contributed by atoms with E-state index in [-0.39, 0.29) is 35.5 Å². The molecule has 10 atom stereocenters. The van der Waals surface area contributed by atoms with Crippen LogP contribution in [-0.2, 0) is 19.1 Å². The van der Waals surface area contributed by atoms with Crippen LogP contribution >= 0.6 is 0 Å². The Morgan fingerprint density at radius 1 is 1.05 bits per heavy atom. The van der Waals surface area contributed by atoms with E-state index in [0.717, 1.165) is 44.9 Å². The van der Waals surface area contributed by atoms with Gasteiger partial charge in [-0.25, -0.2) is 0 Å². The molecule has 0 heterocycles. The SMILES string of the molecule is CC[C@@H]1CC[C@H](OC(C)=O)CCC(C)[C@H]2CCC3(C)C([C@H](C)CC/C=C/C#N)CC[C@H]3[C@@H]2[C@@H]1OC(C)=O. The molecule has 3 rings (SSSR count). The molecule has 0 aliphatic heterocycles. The second-order valence-corrected chi connectivity index (χ2v) is 12.8. The van der Waals surface area contributed by atoms with Crippen LogP contribution in [-0.4, -0.2) is 24.1 Å². The summed E-state index contributed by atoms with van der Waals surface area (Å²) in [5.74, 6) is 3.21. The van der Waals surface area contributed by atoms with Gasteiger partial charge in [0.1, 0.15) is 12.2 Å². The Balaban J connectivity index is 1.92. The molecule has 0 aromatic carbocycles. The lowest BCUT2D eigenvalue weighted by atomic mass is 9.52. The van der Waals surface area contributed by atoms with Crippen LogP contribution in [0.4, 0.5) is 0 Å². The van der Waals surface area contributed by atoms with Crippen molar-refractivity contribution in [2.24, 2.45) is 46.8 Å². The summed E-state index contributed by atoms with van der Waals surface area (Å²) in [7, 11) is 0. The van der Waals surface area contributed by atoms with Crippen molar-refractivity contribution in [2.75, 3.05) is 0 Å². The molecule has 3 unspecified atom stereocenters. The number of hydrogen-bond donors (Lipinski definition) is 0. The molecule has 37 heavy (non-hydrogen) atoms. The van der Waals surface area contributed by atoms with Gasteiger partial charge in [-0.15, -0.1) is 0 Å². The van der Waals surface area contributed by atoms with Crippen LogP contribution in [0.3, 0.4) is 0 Å². The van der Waals surface area contributed by atoms with Crippen molar-refractivity contribution < 1.29 is 19.1 Å². The molecule has 208 valence electrons. The molecule has 3 fully saturated rings. The summed E-state index contributed by atoms with van der Waals surface area (Å²) in [6, 6.07) is 2.11. The van der Waals surface area contributed by atoms with Gasteiger partial charge in [0.05, 0.1) is 6.07 Å². The van der Waals surface area contributed by atoms with E-state index in [2.05, 4.69) is 33.8 Å². The molecular weight excluding hydrogens is 462 g/mol. The molecule has 0 amide bonds. The third-order valence-electron chi connectivity index (χ3n) is 10.7. The Morgan fingerprint density at radius 2 is 1.76 bits per heavy atom. The van der Waals surface area contributed by atoms with Crippen molar-refractivity contribution in [1.82, 2.24) is 0 Å². The zero-order chi connectivity index (χ0) is 27.2. The summed E-state index contributed by atoms with van der Waals surface area (Å²) in [5, 5.41) is 8.84. The fourth-order valence-corrected chi connectivity index (χ4v) is 8.87. The highest BCUT2D eigenvalue weighted by Crippen LogP contribution is 2.64. The molecule has 0 radical (unpaired) electrons. The van der Waals surface area contributed by atoms with Crippen molar-refractivity contribution in [2.45, 2.75) is 124 Å². The first-order chi connectivity index (χ1) is 17.6. The maximum atomic E-state index is 12.5. The van der Waals surface area contributed by atoms with Crippen molar-refractivity contribution in [3.8, 4) is 6.07 Å². The molecular formula is C32H51NO4. The standard InChI is InChI=1S/C32H51NO4/c1-7-25-13-15-26(36-23(4)34)14-12-21(2)27-18-19-32(6)28(22(3)11-9-8-10-20-33)16-17-29(32)30(27)31(25)37-24(5)35/h8,10,21-22,25-31H,7,9,11-19H2,1-6H3/b10-8+/t21?,22-,25-,26-,27-,28?,29+,30-,31-,32?/m1/s1. The van der Waals surface area contributed by atoms with E-state index in [0.29, 0.717) is 35.5 Å². The van der Waals surface area contributed by atoms with Crippen LogP contribution in [0.2, 0.25) is 0 Å². The van der Waals surface area contributed by atoms with E-state index in [1.165, 1.54) is 32.6 Å². The molecule has 5 heteroatoms. The Kier molecular flexibility index (Phi) is 10.7. The van der Waals surface area contributed by atoms with Crippen molar-refractivity contribution in [3.63, 3.8) is 0 Å². The summed E-state index contributed by atoms with van der Waals surface area (Å²) in [6.07, 6.45) is 15.2. The van der Waals surface area contributed by atoms with Gasteiger partial charge >= 0.3 is 11.9 Å². The smallest absolute Gasteiger partial charge is 0.302 e. The minimum Gasteiger partial charge on any atom is -0.463 e. The van der Waals surface area contributed by atoms with Crippen LogP contribution in [0, 0.1) is 58.2 Å². The first kappa shape index (κ1) is 29.7. The number of carbonyl (C=O) groups is 2. The van der Waals surface area contributed by atoms with Gasteiger partial charge in [-0.05, 0) is 112 Å². The van der Waals surface area contributed by atoms with Crippen LogP contribution in [0.5, 0.6) is 0 Å². The lowest BCUT2D eigenvalue weighted by Crippen LogP contribution is -2.51. The third-order valence-corrected chi connectivity index (χ3v) is 10.7. The summed E-state index contributed by atoms with van der Waals surface area (Å²) in [5.41, 5.74) is 0.264. The Bertz CT molecular complexity index is 846. The first-order valence-electron chi connectivity index (χ1n) is 15.0. The summed E-state index contributed by atoms with van der Waals surface area (Å²) in [4.78, 5) is 24.3. The molecule has 0 aromatic heterocycles. The number of fused-ring (bicyclic) bond motifs is 3. The Hall–Kier alpha value is -1.83. The predicted octanol–water partition coefficient (Wildman–Crippen LogP) is 7.64. The van der Waals surface area contributed by atoms with Gasteiger partial charge in [-0.3, -0.25) is 9.59 Å². The second-order valence-electron chi connectivity index (χ2n) is 12.8. The Labute approximate surface area is 225 Å². The van der Waals surface area contributed by atoms with Crippen LogP contribution < -0.4 is 0 Å². The van der Waals surface area contributed by atoms with Crippen LogP contribution in [0.1, 0.15) is 112 Å². The second kappa shape index (κ2) is 13.3. The van der Waals surface area contributed by atoms with Gasteiger partial charge < -0.3 is 9.47 Å². The van der Waals surface area contributed by atoms with Crippen molar-refractivity contribution >= 4 is 11.9 Å². The quantitative estimate of drug-likeness (QED) is 0.258. The molecule has 5 nitrogen and oxygen atoms in total.